The van der Waals surface area contributed by atoms with E-state index >= 15 is 0 Å². The lowest BCUT2D eigenvalue weighted by molar-refractivity contribution is -0.138. The number of carbonyl (C=O) groups is 1. The minimum atomic E-state index is -0.261. The first-order valence-corrected chi connectivity index (χ1v) is 9.57. The molecule has 1 aliphatic heterocycles. The zero-order valence-corrected chi connectivity index (χ0v) is 15.3. The standard InChI is InChI=1S/C20H19N3O2S/c1-14(24)25-13-26-17-6-4-15(5-7-17)19-20(16-8-10-21-11-9-16)23-12-2-3-18(23)22-19/h4-11H,2-3,12-13H2,1H3. The third kappa shape index (κ3) is 3.37. The van der Waals surface area contributed by atoms with Gasteiger partial charge in [-0.05, 0) is 30.7 Å². The predicted octanol–water partition coefficient (Wildman–Crippen LogP) is 4.17. The third-order valence-corrected chi connectivity index (χ3v) is 5.24. The molecule has 0 spiro atoms. The summed E-state index contributed by atoms with van der Waals surface area (Å²) in [5, 5.41) is 0. The lowest BCUT2D eigenvalue weighted by Crippen LogP contribution is -1.97. The summed E-state index contributed by atoms with van der Waals surface area (Å²) >= 11 is 1.50. The number of ether oxygens (including phenoxy) is 1. The number of nitrogens with zero attached hydrogens (tertiary/aromatic N) is 3. The molecule has 0 amide bonds. The van der Waals surface area contributed by atoms with E-state index in [9.17, 15) is 4.79 Å². The molecule has 132 valence electrons. The highest BCUT2D eigenvalue weighted by Gasteiger charge is 2.23. The molecule has 0 aliphatic carbocycles. The van der Waals surface area contributed by atoms with Crippen molar-refractivity contribution in [3.63, 3.8) is 0 Å². The normalized spacial score (nSPS) is 12.8. The number of imidazole rings is 1. The van der Waals surface area contributed by atoms with E-state index < -0.39 is 0 Å². The van der Waals surface area contributed by atoms with Gasteiger partial charge in [0.25, 0.3) is 0 Å². The Morgan fingerprint density at radius 1 is 1.15 bits per heavy atom. The van der Waals surface area contributed by atoms with Crippen LogP contribution in [0.4, 0.5) is 0 Å². The molecule has 0 bridgehead atoms. The van der Waals surface area contributed by atoms with Gasteiger partial charge in [0, 0.05) is 48.3 Å². The Balaban J connectivity index is 1.65. The molecule has 0 N–H and O–H groups in total. The molecule has 3 aromatic rings. The highest BCUT2D eigenvalue weighted by atomic mass is 32.2. The van der Waals surface area contributed by atoms with E-state index in [1.54, 1.807) is 0 Å². The fourth-order valence-electron chi connectivity index (χ4n) is 3.22. The van der Waals surface area contributed by atoms with Crippen molar-refractivity contribution < 1.29 is 9.53 Å². The smallest absolute Gasteiger partial charge is 0.303 e. The molecular formula is C20H19N3O2S. The molecule has 4 rings (SSSR count). The van der Waals surface area contributed by atoms with Gasteiger partial charge in [0.2, 0.25) is 0 Å². The van der Waals surface area contributed by atoms with Crippen LogP contribution in [0.5, 0.6) is 0 Å². The predicted molar refractivity (Wildman–Crippen MR) is 102 cm³/mol. The van der Waals surface area contributed by atoms with Crippen LogP contribution in [-0.4, -0.2) is 26.4 Å². The molecule has 26 heavy (non-hydrogen) atoms. The van der Waals surface area contributed by atoms with Crippen molar-refractivity contribution in [2.75, 3.05) is 5.94 Å². The number of aromatic nitrogens is 3. The van der Waals surface area contributed by atoms with Crippen molar-refractivity contribution in [2.45, 2.75) is 31.2 Å². The number of thioether (sulfide) groups is 1. The molecule has 1 aliphatic rings. The number of hydrogen-bond acceptors (Lipinski definition) is 5. The zero-order valence-electron chi connectivity index (χ0n) is 14.5. The quantitative estimate of drug-likeness (QED) is 0.386. The first-order valence-electron chi connectivity index (χ1n) is 8.59. The topological polar surface area (TPSA) is 57.0 Å². The molecule has 6 heteroatoms. The van der Waals surface area contributed by atoms with Crippen molar-refractivity contribution >= 4 is 17.7 Å². The molecule has 0 saturated carbocycles. The van der Waals surface area contributed by atoms with Gasteiger partial charge in [0.05, 0.1) is 11.4 Å². The average molecular weight is 365 g/mol. The maximum Gasteiger partial charge on any atom is 0.303 e. The number of esters is 1. The number of aryl methyl sites for hydroxylation is 1. The molecule has 0 saturated heterocycles. The Morgan fingerprint density at radius 3 is 2.65 bits per heavy atom. The summed E-state index contributed by atoms with van der Waals surface area (Å²) in [6.45, 7) is 2.43. The van der Waals surface area contributed by atoms with E-state index in [4.69, 9.17) is 9.72 Å². The SMILES string of the molecule is CC(=O)OCSc1ccc(-c2nc3n(c2-c2ccncc2)CCC3)cc1. The Labute approximate surface area is 156 Å². The lowest BCUT2D eigenvalue weighted by atomic mass is 10.1. The van der Waals surface area contributed by atoms with E-state index in [1.165, 1.54) is 24.4 Å². The maximum absolute atomic E-state index is 10.9. The Bertz CT molecular complexity index is 920. The minimum Gasteiger partial charge on any atom is -0.454 e. The third-order valence-electron chi connectivity index (χ3n) is 4.40. The summed E-state index contributed by atoms with van der Waals surface area (Å²) in [5.74, 6) is 1.22. The molecule has 0 fully saturated rings. The van der Waals surface area contributed by atoms with Crippen molar-refractivity contribution in [3.8, 4) is 22.5 Å². The zero-order chi connectivity index (χ0) is 17.9. The summed E-state index contributed by atoms with van der Waals surface area (Å²) in [7, 11) is 0. The van der Waals surface area contributed by atoms with Gasteiger partial charge in [-0.1, -0.05) is 23.9 Å². The second-order valence-corrected chi connectivity index (χ2v) is 7.13. The molecule has 5 nitrogen and oxygen atoms in total. The minimum absolute atomic E-state index is 0.261. The fraction of sp³-hybridized carbons (Fsp3) is 0.250. The number of carbonyl (C=O) groups excluding carboxylic acids is 1. The van der Waals surface area contributed by atoms with E-state index in [-0.39, 0.29) is 5.97 Å². The highest BCUT2D eigenvalue weighted by Crippen LogP contribution is 2.36. The second-order valence-electron chi connectivity index (χ2n) is 6.14. The van der Waals surface area contributed by atoms with Crippen molar-refractivity contribution in [1.29, 1.82) is 0 Å². The largest absolute Gasteiger partial charge is 0.454 e. The van der Waals surface area contributed by atoms with E-state index in [0.29, 0.717) is 5.94 Å². The Morgan fingerprint density at radius 2 is 1.92 bits per heavy atom. The molecule has 1 aromatic carbocycles. The van der Waals surface area contributed by atoms with Gasteiger partial charge in [0.1, 0.15) is 11.8 Å². The number of benzene rings is 1. The van der Waals surface area contributed by atoms with Crippen molar-refractivity contribution in [3.05, 3.63) is 54.6 Å². The summed E-state index contributed by atoms with van der Waals surface area (Å²) in [4.78, 5) is 21.0. The lowest BCUT2D eigenvalue weighted by Gasteiger charge is -2.09. The van der Waals surface area contributed by atoms with Crippen molar-refractivity contribution in [1.82, 2.24) is 14.5 Å². The summed E-state index contributed by atoms with van der Waals surface area (Å²) in [6.07, 6.45) is 5.81. The van der Waals surface area contributed by atoms with Gasteiger partial charge in [-0.25, -0.2) is 4.98 Å². The highest BCUT2D eigenvalue weighted by molar-refractivity contribution is 7.99. The molecular weight excluding hydrogens is 346 g/mol. The summed E-state index contributed by atoms with van der Waals surface area (Å²) in [5.41, 5.74) is 4.42. The van der Waals surface area contributed by atoms with Gasteiger partial charge in [-0.15, -0.1) is 0 Å². The van der Waals surface area contributed by atoms with Gasteiger partial charge in [-0.3, -0.25) is 9.78 Å². The van der Waals surface area contributed by atoms with Crippen LogP contribution in [0, 0.1) is 0 Å². The van der Waals surface area contributed by atoms with Crippen LogP contribution in [0.25, 0.3) is 22.5 Å². The van der Waals surface area contributed by atoms with Gasteiger partial charge >= 0.3 is 5.97 Å². The number of hydrogen-bond donors (Lipinski definition) is 0. The van der Waals surface area contributed by atoms with Crippen LogP contribution < -0.4 is 0 Å². The monoisotopic (exact) mass is 365 g/mol. The average Bonchev–Trinajstić information content (AvgIpc) is 3.24. The van der Waals surface area contributed by atoms with Crippen LogP contribution in [0.2, 0.25) is 0 Å². The van der Waals surface area contributed by atoms with Crippen LogP contribution in [0.1, 0.15) is 19.2 Å². The van der Waals surface area contributed by atoms with Gasteiger partial charge < -0.3 is 9.30 Å². The van der Waals surface area contributed by atoms with E-state index in [2.05, 4.69) is 21.7 Å². The molecule has 0 radical (unpaired) electrons. The van der Waals surface area contributed by atoms with Crippen LogP contribution in [0.15, 0.2) is 53.7 Å². The molecule has 0 atom stereocenters. The second kappa shape index (κ2) is 7.33. The Kier molecular flexibility index (Phi) is 4.75. The van der Waals surface area contributed by atoms with Crippen molar-refractivity contribution in [2.24, 2.45) is 0 Å². The molecule has 2 aromatic heterocycles. The van der Waals surface area contributed by atoms with Crippen LogP contribution >= 0.6 is 11.8 Å². The molecule has 3 heterocycles. The number of pyridine rings is 1. The fourth-order valence-corrected chi connectivity index (χ4v) is 3.91. The summed E-state index contributed by atoms with van der Waals surface area (Å²) < 4.78 is 7.31. The molecule has 0 unspecified atom stereocenters. The van der Waals surface area contributed by atoms with Crippen LogP contribution in [0.3, 0.4) is 0 Å². The summed E-state index contributed by atoms with van der Waals surface area (Å²) in [6, 6.07) is 12.3. The first-order chi connectivity index (χ1) is 12.7. The Hall–Kier alpha value is -2.60. The van der Waals surface area contributed by atoms with E-state index in [1.807, 2.05) is 36.7 Å². The van der Waals surface area contributed by atoms with Crippen LogP contribution in [-0.2, 0) is 22.5 Å². The van der Waals surface area contributed by atoms with Gasteiger partial charge in [-0.2, -0.15) is 0 Å². The maximum atomic E-state index is 10.9. The van der Waals surface area contributed by atoms with E-state index in [0.717, 1.165) is 46.9 Å². The number of fused-ring (bicyclic) bond motifs is 1. The number of rotatable bonds is 5. The van der Waals surface area contributed by atoms with Gasteiger partial charge in [0.15, 0.2) is 0 Å². The first kappa shape index (κ1) is 16.8.